The molecule has 0 aliphatic heterocycles. The Bertz CT molecular complexity index is 720. The van der Waals surface area contributed by atoms with Crippen molar-refractivity contribution in [2.45, 2.75) is 37.9 Å². The second kappa shape index (κ2) is 8.82. The van der Waals surface area contributed by atoms with Gasteiger partial charge in [0.15, 0.2) is 0 Å². The molecule has 1 fully saturated rings. The molecule has 5 heteroatoms. The lowest BCUT2D eigenvalue weighted by molar-refractivity contribution is -0.128. The van der Waals surface area contributed by atoms with Crippen LogP contribution in [0.1, 0.15) is 36.9 Å². The van der Waals surface area contributed by atoms with E-state index in [4.69, 9.17) is 0 Å². The van der Waals surface area contributed by atoms with Crippen molar-refractivity contribution in [1.29, 1.82) is 0 Å². The average molecular weight is 365 g/mol. The summed E-state index contributed by atoms with van der Waals surface area (Å²) in [6, 6.07) is 19.5. The summed E-state index contributed by atoms with van der Waals surface area (Å²) in [5.41, 5.74) is 2.05. The van der Waals surface area contributed by atoms with E-state index in [1.807, 2.05) is 67.6 Å². The van der Waals surface area contributed by atoms with Crippen LogP contribution in [0.4, 0.5) is 0 Å². The van der Waals surface area contributed by atoms with E-state index in [9.17, 15) is 9.59 Å². The molecule has 0 radical (unpaired) electrons. The number of nitrogens with zero attached hydrogens (tertiary/aromatic N) is 1. The summed E-state index contributed by atoms with van der Waals surface area (Å²) in [5.74, 6) is -0.128. The Kier molecular flexibility index (Phi) is 6.24. The fraction of sp³-hybridized carbons (Fsp3) is 0.364. The molecule has 142 valence electrons. The molecule has 0 heterocycles. The molecule has 2 aromatic carbocycles. The predicted molar refractivity (Wildman–Crippen MR) is 106 cm³/mol. The van der Waals surface area contributed by atoms with E-state index in [2.05, 4.69) is 10.6 Å². The molecular formula is C22H27N3O2. The molecule has 0 saturated heterocycles. The summed E-state index contributed by atoms with van der Waals surface area (Å²) in [6.07, 6.45) is 2.11. The number of hydrogen-bond donors (Lipinski definition) is 2. The maximum Gasteiger partial charge on any atom is 0.237 e. The number of carbonyl (C=O) groups excluding carboxylic acids is 2. The second-order valence-corrected chi connectivity index (χ2v) is 7.20. The van der Waals surface area contributed by atoms with Gasteiger partial charge in [0.1, 0.15) is 0 Å². The third-order valence-corrected chi connectivity index (χ3v) is 4.93. The molecule has 2 aromatic rings. The quantitative estimate of drug-likeness (QED) is 0.756. The molecule has 1 aliphatic carbocycles. The number of likely N-dealkylation sites (N-methyl/N-ethyl adjacent to an activating group) is 1. The predicted octanol–water partition coefficient (Wildman–Crippen LogP) is 2.49. The van der Waals surface area contributed by atoms with Crippen LogP contribution in [0.25, 0.3) is 0 Å². The zero-order valence-electron chi connectivity index (χ0n) is 15.9. The lowest BCUT2D eigenvalue weighted by Crippen LogP contribution is -2.48. The highest BCUT2D eigenvalue weighted by atomic mass is 16.2. The van der Waals surface area contributed by atoms with E-state index in [0.717, 1.165) is 24.0 Å². The van der Waals surface area contributed by atoms with Gasteiger partial charge in [0.25, 0.3) is 0 Å². The van der Waals surface area contributed by atoms with E-state index in [1.165, 1.54) is 0 Å². The summed E-state index contributed by atoms with van der Waals surface area (Å²) in [7, 11) is 1.80. The van der Waals surface area contributed by atoms with Crippen molar-refractivity contribution < 1.29 is 9.59 Å². The van der Waals surface area contributed by atoms with Gasteiger partial charge in [0, 0.05) is 6.04 Å². The van der Waals surface area contributed by atoms with E-state index in [0.29, 0.717) is 6.04 Å². The van der Waals surface area contributed by atoms with Gasteiger partial charge in [-0.2, -0.15) is 0 Å². The van der Waals surface area contributed by atoms with Crippen molar-refractivity contribution in [3.05, 3.63) is 71.8 Å². The first-order valence-corrected chi connectivity index (χ1v) is 9.44. The molecule has 0 spiro atoms. The van der Waals surface area contributed by atoms with Crippen LogP contribution in [0.5, 0.6) is 0 Å². The van der Waals surface area contributed by atoms with Gasteiger partial charge in [0.2, 0.25) is 11.8 Å². The van der Waals surface area contributed by atoms with Crippen molar-refractivity contribution in [2.75, 3.05) is 13.6 Å². The molecule has 5 nitrogen and oxygen atoms in total. The smallest absolute Gasteiger partial charge is 0.237 e. The lowest BCUT2D eigenvalue weighted by Gasteiger charge is -2.27. The highest BCUT2D eigenvalue weighted by Crippen LogP contribution is 2.22. The molecule has 1 aliphatic rings. The molecule has 2 amide bonds. The van der Waals surface area contributed by atoms with E-state index in [1.54, 1.807) is 11.9 Å². The van der Waals surface area contributed by atoms with Crippen molar-refractivity contribution in [1.82, 2.24) is 15.5 Å². The van der Waals surface area contributed by atoms with Crippen LogP contribution in [-0.2, 0) is 9.59 Å². The molecule has 1 saturated carbocycles. The monoisotopic (exact) mass is 365 g/mol. The Balaban J connectivity index is 1.67. The van der Waals surface area contributed by atoms with Gasteiger partial charge in [-0.1, -0.05) is 60.7 Å². The largest absolute Gasteiger partial charge is 0.352 e. The van der Waals surface area contributed by atoms with Crippen LogP contribution in [0.2, 0.25) is 0 Å². The standard InChI is InChI=1S/C22H27N3O2/c1-16(25(2)15-20(26)23-19-13-14-19)22(27)24-21(17-9-5-3-6-10-17)18-11-7-4-8-12-18/h3-12,16,19,21H,13-15H2,1-2H3,(H,23,26)(H,24,27)/t16-/m1/s1. The number of nitrogens with one attached hydrogen (secondary N) is 2. The van der Waals surface area contributed by atoms with Crippen molar-refractivity contribution in [3.8, 4) is 0 Å². The normalized spacial score (nSPS) is 14.8. The van der Waals surface area contributed by atoms with E-state index in [-0.39, 0.29) is 24.4 Å². The summed E-state index contributed by atoms with van der Waals surface area (Å²) in [4.78, 5) is 26.7. The van der Waals surface area contributed by atoms with Crippen LogP contribution >= 0.6 is 0 Å². The number of benzene rings is 2. The molecular weight excluding hydrogens is 338 g/mol. The van der Waals surface area contributed by atoms with Crippen LogP contribution in [0.15, 0.2) is 60.7 Å². The zero-order chi connectivity index (χ0) is 19.2. The van der Waals surface area contributed by atoms with Crippen LogP contribution < -0.4 is 10.6 Å². The number of carbonyl (C=O) groups is 2. The first-order chi connectivity index (χ1) is 13.0. The second-order valence-electron chi connectivity index (χ2n) is 7.20. The first-order valence-electron chi connectivity index (χ1n) is 9.44. The van der Waals surface area contributed by atoms with Crippen molar-refractivity contribution in [3.63, 3.8) is 0 Å². The van der Waals surface area contributed by atoms with E-state index >= 15 is 0 Å². The van der Waals surface area contributed by atoms with Gasteiger partial charge in [-0.25, -0.2) is 0 Å². The SMILES string of the molecule is C[C@H](C(=O)NC(c1ccccc1)c1ccccc1)N(C)CC(=O)NC1CC1. The molecule has 27 heavy (non-hydrogen) atoms. The van der Waals surface area contributed by atoms with Gasteiger partial charge >= 0.3 is 0 Å². The molecule has 0 bridgehead atoms. The molecule has 1 atom stereocenters. The highest BCUT2D eigenvalue weighted by Gasteiger charge is 2.27. The maximum absolute atomic E-state index is 12.9. The van der Waals surface area contributed by atoms with Crippen molar-refractivity contribution >= 4 is 11.8 Å². The highest BCUT2D eigenvalue weighted by molar-refractivity contribution is 5.84. The average Bonchev–Trinajstić information content (AvgIpc) is 3.50. The minimum absolute atomic E-state index is 0.0256. The Morgan fingerprint density at radius 1 is 1.00 bits per heavy atom. The van der Waals surface area contributed by atoms with Gasteiger partial charge in [0.05, 0.1) is 18.6 Å². The molecule has 3 rings (SSSR count). The summed E-state index contributed by atoms with van der Waals surface area (Å²) in [6.45, 7) is 2.04. The maximum atomic E-state index is 12.9. The first kappa shape index (κ1) is 19.1. The minimum Gasteiger partial charge on any atom is -0.352 e. The van der Waals surface area contributed by atoms with Gasteiger partial charge in [-0.15, -0.1) is 0 Å². The van der Waals surface area contributed by atoms with Gasteiger partial charge in [-0.3, -0.25) is 14.5 Å². The molecule has 0 aromatic heterocycles. The third-order valence-electron chi connectivity index (χ3n) is 4.93. The Hall–Kier alpha value is -2.66. The number of hydrogen-bond acceptors (Lipinski definition) is 3. The zero-order valence-corrected chi connectivity index (χ0v) is 15.9. The minimum atomic E-state index is -0.412. The number of amides is 2. The summed E-state index contributed by atoms with van der Waals surface area (Å²) in [5, 5.41) is 6.10. The topological polar surface area (TPSA) is 61.4 Å². The lowest BCUT2D eigenvalue weighted by atomic mass is 9.98. The summed E-state index contributed by atoms with van der Waals surface area (Å²) >= 11 is 0. The van der Waals surface area contributed by atoms with Crippen LogP contribution in [-0.4, -0.2) is 42.4 Å². The van der Waals surface area contributed by atoms with Crippen LogP contribution in [0.3, 0.4) is 0 Å². The fourth-order valence-electron chi connectivity index (χ4n) is 2.98. The Morgan fingerprint density at radius 2 is 1.52 bits per heavy atom. The molecule has 2 N–H and O–H groups in total. The third kappa shape index (κ3) is 5.41. The van der Waals surface area contributed by atoms with Gasteiger partial charge < -0.3 is 10.6 Å². The van der Waals surface area contributed by atoms with Crippen LogP contribution in [0, 0.1) is 0 Å². The Labute approximate surface area is 160 Å². The molecule has 0 unspecified atom stereocenters. The Morgan fingerprint density at radius 3 is 2.00 bits per heavy atom. The van der Waals surface area contributed by atoms with Crippen molar-refractivity contribution in [2.24, 2.45) is 0 Å². The van der Waals surface area contributed by atoms with Gasteiger partial charge in [-0.05, 0) is 37.9 Å². The fourth-order valence-corrected chi connectivity index (χ4v) is 2.98. The van der Waals surface area contributed by atoms with E-state index < -0.39 is 6.04 Å². The summed E-state index contributed by atoms with van der Waals surface area (Å²) < 4.78 is 0. The number of rotatable bonds is 8.